The Bertz CT molecular complexity index is 181. The van der Waals surface area contributed by atoms with Crippen molar-refractivity contribution in [1.82, 2.24) is 4.90 Å². The van der Waals surface area contributed by atoms with Crippen LogP contribution in [-0.4, -0.2) is 30.6 Å². The van der Waals surface area contributed by atoms with Gasteiger partial charge in [-0.2, -0.15) is 0 Å². The molecule has 2 nitrogen and oxygen atoms in total. The topological polar surface area (TPSA) is 29.3 Å². The van der Waals surface area contributed by atoms with Gasteiger partial charge in [0.05, 0.1) is 0 Å². The summed E-state index contributed by atoms with van der Waals surface area (Å²) in [4.78, 5) is 2.47. The molecule has 0 atom stereocenters. The minimum atomic E-state index is 0.151. The highest BCUT2D eigenvalue weighted by molar-refractivity contribution is 4.92. The van der Waals surface area contributed by atoms with Gasteiger partial charge in [0.2, 0.25) is 0 Å². The highest BCUT2D eigenvalue weighted by atomic mass is 15.1. The number of nitrogens with zero attached hydrogens (tertiary/aromatic N) is 1. The van der Waals surface area contributed by atoms with Crippen LogP contribution in [0.15, 0.2) is 0 Å². The fourth-order valence-corrected chi connectivity index (χ4v) is 2.96. The second kappa shape index (κ2) is 4.19. The molecule has 0 aromatic heterocycles. The zero-order valence-corrected chi connectivity index (χ0v) is 9.47. The molecule has 0 radical (unpaired) electrons. The van der Waals surface area contributed by atoms with Gasteiger partial charge in [-0.1, -0.05) is 19.3 Å². The Balaban J connectivity index is 1.72. The quantitative estimate of drug-likeness (QED) is 0.745. The smallest absolute Gasteiger partial charge is 0.0283 e. The van der Waals surface area contributed by atoms with Crippen molar-refractivity contribution in [1.29, 1.82) is 0 Å². The minimum Gasteiger partial charge on any atom is -0.324 e. The first-order valence-electron chi connectivity index (χ1n) is 6.15. The molecule has 2 saturated carbocycles. The highest BCUT2D eigenvalue weighted by Crippen LogP contribution is 2.30. The van der Waals surface area contributed by atoms with E-state index < -0.39 is 0 Å². The third-order valence-corrected chi connectivity index (χ3v) is 3.98. The maximum atomic E-state index is 6.35. The van der Waals surface area contributed by atoms with E-state index in [0.29, 0.717) is 0 Å². The van der Waals surface area contributed by atoms with Crippen LogP contribution in [0.3, 0.4) is 0 Å². The molecule has 0 saturated heterocycles. The molecule has 2 rings (SSSR count). The van der Waals surface area contributed by atoms with Crippen molar-refractivity contribution in [3.8, 4) is 0 Å². The van der Waals surface area contributed by atoms with E-state index in [1.807, 2.05) is 0 Å². The molecule has 0 aromatic carbocycles. The molecule has 0 unspecified atom stereocenters. The highest BCUT2D eigenvalue weighted by Gasteiger charge is 2.31. The minimum absolute atomic E-state index is 0.151. The van der Waals surface area contributed by atoms with Gasteiger partial charge in [0.15, 0.2) is 0 Å². The molecule has 2 heteroatoms. The lowest BCUT2D eigenvalue weighted by Crippen LogP contribution is -2.48. The molecule has 0 aromatic rings. The van der Waals surface area contributed by atoms with Crippen LogP contribution in [0.2, 0.25) is 0 Å². The van der Waals surface area contributed by atoms with Crippen LogP contribution in [0.25, 0.3) is 0 Å². The van der Waals surface area contributed by atoms with Crippen LogP contribution < -0.4 is 5.73 Å². The molecule has 2 aliphatic rings. The molecular formula is C12H24N2. The van der Waals surface area contributed by atoms with E-state index >= 15 is 0 Å². The Morgan fingerprint density at radius 3 is 2.36 bits per heavy atom. The van der Waals surface area contributed by atoms with Gasteiger partial charge in [0.1, 0.15) is 0 Å². The third kappa shape index (κ3) is 2.48. The van der Waals surface area contributed by atoms with Crippen LogP contribution >= 0.6 is 0 Å². The van der Waals surface area contributed by atoms with E-state index in [2.05, 4.69) is 11.9 Å². The van der Waals surface area contributed by atoms with E-state index in [1.165, 1.54) is 51.5 Å². The Labute approximate surface area is 87.8 Å². The van der Waals surface area contributed by atoms with Gasteiger partial charge in [-0.15, -0.1) is 0 Å². The SMILES string of the molecule is CN(CC1CCC1)CC1(N)CCCC1. The number of hydrogen-bond donors (Lipinski definition) is 1. The fourth-order valence-electron chi connectivity index (χ4n) is 2.96. The van der Waals surface area contributed by atoms with Crippen LogP contribution in [0.1, 0.15) is 44.9 Å². The average Bonchev–Trinajstić information content (AvgIpc) is 2.44. The van der Waals surface area contributed by atoms with Gasteiger partial charge in [-0.05, 0) is 38.6 Å². The number of hydrogen-bond acceptors (Lipinski definition) is 2. The number of likely N-dealkylation sites (N-methyl/N-ethyl adjacent to an activating group) is 1. The second-order valence-corrected chi connectivity index (χ2v) is 5.56. The molecule has 2 aliphatic carbocycles. The summed E-state index contributed by atoms with van der Waals surface area (Å²) < 4.78 is 0. The Morgan fingerprint density at radius 2 is 1.86 bits per heavy atom. The average molecular weight is 196 g/mol. The number of nitrogens with two attached hydrogens (primary N) is 1. The summed E-state index contributed by atoms with van der Waals surface area (Å²) in [5.74, 6) is 0.977. The normalized spacial score (nSPS) is 26.8. The summed E-state index contributed by atoms with van der Waals surface area (Å²) in [7, 11) is 2.24. The summed E-state index contributed by atoms with van der Waals surface area (Å²) in [6.45, 7) is 2.39. The summed E-state index contributed by atoms with van der Waals surface area (Å²) >= 11 is 0. The lowest BCUT2D eigenvalue weighted by Gasteiger charge is -2.34. The molecule has 0 amide bonds. The zero-order valence-electron chi connectivity index (χ0n) is 9.47. The van der Waals surface area contributed by atoms with Gasteiger partial charge in [0, 0.05) is 18.6 Å². The summed E-state index contributed by atoms with van der Waals surface area (Å²) in [5.41, 5.74) is 6.50. The van der Waals surface area contributed by atoms with E-state index in [9.17, 15) is 0 Å². The third-order valence-electron chi connectivity index (χ3n) is 3.98. The molecule has 0 bridgehead atoms. The Kier molecular flexibility index (Phi) is 3.13. The van der Waals surface area contributed by atoms with Gasteiger partial charge < -0.3 is 10.6 Å². The second-order valence-electron chi connectivity index (χ2n) is 5.56. The monoisotopic (exact) mass is 196 g/mol. The maximum Gasteiger partial charge on any atom is 0.0283 e. The summed E-state index contributed by atoms with van der Waals surface area (Å²) in [6, 6.07) is 0. The first kappa shape index (κ1) is 10.4. The van der Waals surface area contributed by atoms with E-state index in [-0.39, 0.29) is 5.54 Å². The van der Waals surface area contributed by atoms with Crippen molar-refractivity contribution in [3.05, 3.63) is 0 Å². The first-order chi connectivity index (χ1) is 6.68. The molecule has 2 fully saturated rings. The number of rotatable bonds is 4. The maximum absolute atomic E-state index is 6.35. The molecular weight excluding hydrogens is 172 g/mol. The van der Waals surface area contributed by atoms with Crippen LogP contribution in [0.4, 0.5) is 0 Å². The standard InChI is InChI=1S/C12H24N2/c1-14(9-11-5-4-6-11)10-12(13)7-2-3-8-12/h11H,2-10,13H2,1H3. The van der Waals surface area contributed by atoms with Crippen molar-refractivity contribution in [3.63, 3.8) is 0 Å². The van der Waals surface area contributed by atoms with Gasteiger partial charge in [-0.3, -0.25) is 0 Å². The van der Waals surface area contributed by atoms with E-state index in [4.69, 9.17) is 5.73 Å². The molecule has 0 spiro atoms. The first-order valence-corrected chi connectivity index (χ1v) is 6.15. The fraction of sp³-hybridized carbons (Fsp3) is 1.00. The van der Waals surface area contributed by atoms with Crippen molar-refractivity contribution >= 4 is 0 Å². The van der Waals surface area contributed by atoms with Gasteiger partial charge >= 0.3 is 0 Å². The lowest BCUT2D eigenvalue weighted by atomic mass is 9.85. The Hall–Kier alpha value is -0.0800. The zero-order chi connectivity index (χ0) is 10.0. The van der Waals surface area contributed by atoms with Gasteiger partial charge in [0.25, 0.3) is 0 Å². The van der Waals surface area contributed by atoms with Crippen molar-refractivity contribution in [2.75, 3.05) is 20.1 Å². The predicted octanol–water partition coefficient (Wildman–Crippen LogP) is 1.99. The van der Waals surface area contributed by atoms with E-state index in [0.717, 1.165) is 12.5 Å². The van der Waals surface area contributed by atoms with E-state index in [1.54, 1.807) is 0 Å². The van der Waals surface area contributed by atoms with Crippen molar-refractivity contribution in [2.24, 2.45) is 11.7 Å². The van der Waals surface area contributed by atoms with Crippen molar-refractivity contribution < 1.29 is 0 Å². The summed E-state index contributed by atoms with van der Waals surface area (Å²) in [5, 5.41) is 0. The lowest BCUT2D eigenvalue weighted by molar-refractivity contribution is 0.174. The van der Waals surface area contributed by atoms with Crippen LogP contribution in [-0.2, 0) is 0 Å². The van der Waals surface area contributed by atoms with Crippen LogP contribution in [0, 0.1) is 5.92 Å². The van der Waals surface area contributed by atoms with Crippen molar-refractivity contribution in [2.45, 2.75) is 50.5 Å². The molecule has 82 valence electrons. The predicted molar refractivity (Wildman–Crippen MR) is 60.2 cm³/mol. The molecule has 14 heavy (non-hydrogen) atoms. The molecule has 0 heterocycles. The molecule has 0 aliphatic heterocycles. The summed E-state index contributed by atoms with van der Waals surface area (Å²) in [6.07, 6.45) is 9.50. The molecule has 2 N–H and O–H groups in total. The Morgan fingerprint density at radius 1 is 1.21 bits per heavy atom. The largest absolute Gasteiger partial charge is 0.324 e. The van der Waals surface area contributed by atoms with Gasteiger partial charge in [-0.25, -0.2) is 0 Å². The van der Waals surface area contributed by atoms with Crippen LogP contribution in [0.5, 0.6) is 0 Å².